The first-order chi connectivity index (χ1) is 15.7. The number of methoxy groups -OCH3 is 1. The second-order valence-corrected chi connectivity index (χ2v) is 10.3. The molecule has 7 nitrogen and oxygen atoms in total. The Morgan fingerprint density at radius 1 is 1.18 bits per heavy atom. The van der Waals surface area contributed by atoms with Crippen molar-refractivity contribution in [3.8, 4) is 16.2 Å². The van der Waals surface area contributed by atoms with Crippen molar-refractivity contribution >= 4 is 35.0 Å². The molecule has 0 aliphatic heterocycles. The monoisotopic (exact) mass is 491 g/mol. The van der Waals surface area contributed by atoms with E-state index < -0.39 is 19.2 Å². The Morgan fingerprint density at radius 2 is 1.97 bits per heavy atom. The number of aryl methyl sites for hydroxylation is 1. The predicted molar refractivity (Wildman–Crippen MR) is 124 cm³/mol. The lowest BCUT2D eigenvalue weighted by Crippen LogP contribution is -2.23. The lowest BCUT2D eigenvalue weighted by molar-refractivity contribution is 0.361. The van der Waals surface area contributed by atoms with E-state index in [0.29, 0.717) is 37.5 Å². The number of anilines is 1. The molecule has 0 aliphatic carbocycles. The number of ether oxygens (including phenoxy) is 1. The Balaban J connectivity index is 1.73. The van der Waals surface area contributed by atoms with Crippen molar-refractivity contribution in [2.75, 3.05) is 12.4 Å². The standard InChI is InChI=1S/C22H20F2N3O4PS/c1-12-6-18(31-2)15(9-17(12)24)19-10-16-21(25-11-26-22(16)33-19)27-20(32(28,29)30)8-13-4-3-5-14(23)7-13/h3-7,9-11,20H,8H2,1-2H3,(H,25,26,27)(H2,28,29,30). The van der Waals surface area contributed by atoms with E-state index in [1.54, 1.807) is 25.1 Å². The van der Waals surface area contributed by atoms with Crippen LogP contribution in [0.25, 0.3) is 20.7 Å². The quantitative estimate of drug-likeness (QED) is 0.309. The zero-order chi connectivity index (χ0) is 23.8. The topological polar surface area (TPSA) is 105 Å². The number of aromatic nitrogens is 2. The van der Waals surface area contributed by atoms with Crippen LogP contribution < -0.4 is 10.1 Å². The number of nitrogens with one attached hydrogen (secondary N) is 1. The van der Waals surface area contributed by atoms with Crippen LogP contribution in [-0.4, -0.2) is 32.6 Å². The van der Waals surface area contributed by atoms with Crippen LogP contribution in [0.15, 0.2) is 48.8 Å². The average Bonchev–Trinajstić information content (AvgIpc) is 3.19. The highest BCUT2D eigenvalue weighted by atomic mass is 32.1. The van der Waals surface area contributed by atoms with Crippen molar-refractivity contribution in [3.05, 3.63) is 71.6 Å². The fourth-order valence-electron chi connectivity index (χ4n) is 3.42. The maximum Gasteiger partial charge on any atom is 0.347 e. The molecule has 172 valence electrons. The molecule has 1 unspecified atom stereocenters. The van der Waals surface area contributed by atoms with Gasteiger partial charge in [0.15, 0.2) is 0 Å². The van der Waals surface area contributed by atoms with E-state index >= 15 is 0 Å². The lowest BCUT2D eigenvalue weighted by atomic mass is 10.1. The summed E-state index contributed by atoms with van der Waals surface area (Å²) in [6.45, 7) is 1.64. The minimum atomic E-state index is -4.64. The Hall–Kier alpha value is -2.91. The van der Waals surface area contributed by atoms with Crippen molar-refractivity contribution in [3.63, 3.8) is 0 Å². The Kier molecular flexibility index (Phi) is 6.45. The van der Waals surface area contributed by atoms with Crippen LogP contribution in [0.3, 0.4) is 0 Å². The summed E-state index contributed by atoms with van der Waals surface area (Å²) in [4.78, 5) is 29.4. The van der Waals surface area contributed by atoms with E-state index in [0.717, 1.165) is 0 Å². The molecule has 0 saturated carbocycles. The van der Waals surface area contributed by atoms with Crippen molar-refractivity contribution in [2.45, 2.75) is 19.1 Å². The van der Waals surface area contributed by atoms with Gasteiger partial charge < -0.3 is 19.8 Å². The Bertz CT molecular complexity index is 1380. The molecule has 0 radical (unpaired) electrons. The smallest absolute Gasteiger partial charge is 0.347 e. The highest BCUT2D eigenvalue weighted by Gasteiger charge is 2.30. The molecule has 0 saturated heterocycles. The van der Waals surface area contributed by atoms with Gasteiger partial charge in [0.2, 0.25) is 0 Å². The third-order valence-corrected chi connectivity index (χ3v) is 7.30. The predicted octanol–water partition coefficient (Wildman–Crippen LogP) is 5.11. The third kappa shape index (κ3) is 5.04. The van der Waals surface area contributed by atoms with E-state index in [1.807, 2.05) is 0 Å². The molecular formula is C22H20F2N3O4PS. The Morgan fingerprint density at radius 3 is 2.67 bits per heavy atom. The number of fused-ring (bicyclic) bond motifs is 1. The van der Waals surface area contributed by atoms with Crippen molar-refractivity contribution in [1.82, 2.24) is 9.97 Å². The van der Waals surface area contributed by atoms with Gasteiger partial charge in [-0.05, 0) is 48.4 Å². The minimum Gasteiger partial charge on any atom is -0.496 e. The van der Waals surface area contributed by atoms with Gasteiger partial charge >= 0.3 is 7.60 Å². The molecule has 2 heterocycles. The highest BCUT2D eigenvalue weighted by Crippen LogP contribution is 2.45. The largest absolute Gasteiger partial charge is 0.496 e. The molecule has 0 spiro atoms. The normalized spacial score (nSPS) is 12.7. The van der Waals surface area contributed by atoms with E-state index in [-0.39, 0.29) is 18.1 Å². The van der Waals surface area contributed by atoms with E-state index in [4.69, 9.17) is 4.74 Å². The van der Waals surface area contributed by atoms with Crippen LogP contribution >= 0.6 is 18.9 Å². The summed E-state index contributed by atoms with van der Waals surface area (Å²) >= 11 is 1.27. The van der Waals surface area contributed by atoms with Gasteiger partial charge in [-0.25, -0.2) is 18.7 Å². The number of halogens is 2. The number of rotatable bonds is 7. The number of nitrogens with zero attached hydrogens (tertiary/aromatic N) is 2. The number of benzene rings is 2. The molecule has 4 rings (SSSR count). The molecule has 1 atom stereocenters. The van der Waals surface area contributed by atoms with Crippen LogP contribution in [-0.2, 0) is 11.0 Å². The number of hydrogen-bond acceptors (Lipinski definition) is 6. The maximum atomic E-state index is 14.3. The molecule has 0 bridgehead atoms. The first kappa shape index (κ1) is 23.3. The fraction of sp³-hybridized carbons (Fsp3) is 0.182. The van der Waals surface area contributed by atoms with E-state index in [1.165, 1.54) is 49.0 Å². The molecule has 0 amide bonds. The molecule has 0 fully saturated rings. The molecule has 2 aromatic carbocycles. The maximum absolute atomic E-state index is 14.3. The van der Waals surface area contributed by atoms with Gasteiger partial charge in [0.05, 0.1) is 12.5 Å². The van der Waals surface area contributed by atoms with Gasteiger partial charge in [-0.1, -0.05) is 12.1 Å². The molecule has 11 heteroatoms. The van der Waals surface area contributed by atoms with Crippen molar-refractivity contribution in [2.24, 2.45) is 0 Å². The molecule has 33 heavy (non-hydrogen) atoms. The van der Waals surface area contributed by atoms with Crippen molar-refractivity contribution < 1.29 is 27.9 Å². The summed E-state index contributed by atoms with van der Waals surface area (Å²) in [5, 5.41) is 3.32. The number of thiophene rings is 1. The Labute approximate surface area is 192 Å². The third-order valence-electron chi connectivity index (χ3n) is 5.10. The second kappa shape index (κ2) is 9.15. The first-order valence-corrected chi connectivity index (χ1v) is 12.3. The van der Waals surface area contributed by atoms with Crippen LogP contribution in [0.4, 0.5) is 14.6 Å². The molecular weight excluding hydrogens is 471 g/mol. The summed E-state index contributed by atoms with van der Waals surface area (Å²) in [5.74, 6) is -1.53. The van der Waals surface area contributed by atoms with Gasteiger partial charge in [-0.2, -0.15) is 0 Å². The zero-order valence-corrected chi connectivity index (χ0v) is 19.3. The van der Waals surface area contributed by atoms with Crippen LogP contribution in [0.5, 0.6) is 5.75 Å². The van der Waals surface area contributed by atoms with E-state index in [2.05, 4.69) is 15.3 Å². The SMILES string of the molecule is COc1cc(C)c(F)cc1-c1cc2c(NC(Cc3cccc(F)c3)P(=O)(O)O)ncnc2s1. The van der Waals surface area contributed by atoms with Crippen LogP contribution in [0, 0.1) is 18.6 Å². The highest BCUT2D eigenvalue weighted by molar-refractivity contribution is 7.52. The summed E-state index contributed by atoms with van der Waals surface area (Å²) in [6, 6.07) is 10.2. The molecule has 3 N–H and O–H groups in total. The van der Waals surface area contributed by atoms with Gasteiger partial charge in [-0.3, -0.25) is 4.57 Å². The lowest BCUT2D eigenvalue weighted by Gasteiger charge is -2.21. The fourth-order valence-corrected chi connectivity index (χ4v) is 5.18. The summed E-state index contributed by atoms with van der Waals surface area (Å²) in [6.07, 6.45) is 1.15. The van der Waals surface area contributed by atoms with Crippen LogP contribution in [0.2, 0.25) is 0 Å². The first-order valence-electron chi connectivity index (χ1n) is 9.81. The zero-order valence-electron chi connectivity index (χ0n) is 17.6. The molecule has 4 aromatic rings. The summed E-state index contributed by atoms with van der Waals surface area (Å²) in [5.41, 5.74) is 1.40. The van der Waals surface area contributed by atoms with Crippen LogP contribution in [0.1, 0.15) is 11.1 Å². The molecule has 0 aliphatic rings. The van der Waals surface area contributed by atoms with Crippen molar-refractivity contribution in [1.29, 1.82) is 0 Å². The van der Waals surface area contributed by atoms with E-state index in [9.17, 15) is 23.1 Å². The second-order valence-electron chi connectivity index (χ2n) is 7.44. The summed E-state index contributed by atoms with van der Waals surface area (Å²) in [7, 11) is -3.14. The van der Waals surface area contributed by atoms with Gasteiger partial charge in [0.1, 0.15) is 40.1 Å². The minimum absolute atomic E-state index is 0.123. The van der Waals surface area contributed by atoms with Gasteiger partial charge in [-0.15, -0.1) is 11.3 Å². The average molecular weight is 491 g/mol. The van der Waals surface area contributed by atoms with Gasteiger partial charge in [0.25, 0.3) is 0 Å². The number of hydrogen-bond donors (Lipinski definition) is 3. The molecule has 2 aromatic heterocycles. The summed E-state index contributed by atoms with van der Waals surface area (Å²) < 4.78 is 45.4. The van der Waals surface area contributed by atoms with Gasteiger partial charge in [0, 0.05) is 16.9 Å².